The molecule has 4 rings (SSSR count). The lowest BCUT2D eigenvalue weighted by atomic mass is 10.0. The molecule has 0 aliphatic heterocycles. The Morgan fingerprint density at radius 2 is 1.42 bits per heavy atom. The van der Waals surface area contributed by atoms with E-state index in [0.717, 1.165) is 12.1 Å². The van der Waals surface area contributed by atoms with Gasteiger partial charge in [0.15, 0.2) is 17.4 Å². The number of hydrogen-bond donors (Lipinski definition) is 0. The van der Waals surface area contributed by atoms with Crippen molar-refractivity contribution in [1.29, 1.82) is 0 Å². The lowest BCUT2D eigenvalue weighted by molar-refractivity contribution is 0.337. The first-order chi connectivity index (χ1) is 15.9. The van der Waals surface area contributed by atoms with Gasteiger partial charge in [-0.2, -0.15) is 0 Å². The summed E-state index contributed by atoms with van der Waals surface area (Å²) in [5.41, 5.74) is 0.515. The maximum atomic E-state index is 14.5. The summed E-state index contributed by atoms with van der Waals surface area (Å²) in [6.07, 6.45) is 3.87. The second kappa shape index (κ2) is 9.70. The Labute approximate surface area is 188 Å². The third-order valence-corrected chi connectivity index (χ3v) is 4.94. The average molecular weight is 450 g/mol. The smallest absolute Gasteiger partial charge is 0.159 e. The van der Waals surface area contributed by atoms with E-state index in [9.17, 15) is 17.6 Å². The number of aromatic nitrogens is 2. The molecule has 1 aromatic heterocycles. The van der Waals surface area contributed by atoms with Crippen molar-refractivity contribution in [3.05, 3.63) is 101 Å². The van der Waals surface area contributed by atoms with Crippen LogP contribution in [-0.2, 0) is 12.8 Å². The SMILES string of the molecule is CCOc1cnc(CCc2cc(F)c(C#Cc3ccc4cc(F)c(F)cc4c3)c(F)c2)nc1. The van der Waals surface area contributed by atoms with Crippen LogP contribution in [0.15, 0.2) is 54.9 Å². The van der Waals surface area contributed by atoms with Gasteiger partial charge in [-0.25, -0.2) is 27.5 Å². The van der Waals surface area contributed by atoms with E-state index in [-0.39, 0.29) is 5.56 Å². The Morgan fingerprint density at radius 3 is 2.09 bits per heavy atom. The van der Waals surface area contributed by atoms with Gasteiger partial charge < -0.3 is 4.74 Å². The van der Waals surface area contributed by atoms with Crippen molar-refractivity contribution in [2.45, 2.75) is 19.8 Å². The van der Waals surface area contributed by atoms with E-state index in [2.05, 4.69) is 21.8 Å². The Hall–Kier alpha value is -3.92. The van der Waals surface area contributed by atoms with Crippen molar-refractivity contribution in [3.8, 4) is 17.6 Å². The second-order valence-corrected chi connectivity index (χ2v) is 7.28. The highest BCUT2D eigenvalue weighted by Gasteiger charge is 2.10. The van der Waals surface area contributed by atoms with E-state index in [0.29, 0.717) is 52.9 Å². The largest absolute Gasteiger partial charge is 0.491 e. The van der Waals surface area contributed by atoms with Gasteiger partial charge in [-0.15, -0.1) is 0 Å². The predicted octanol–water partition coefficient (Wildman–Crippen LogP) is 5.77. The summed E-state index contributed by atoms with van der Waals surface area (Å²) in [4.78, 5) is 8.36. The molecule has 3 aromatic carbocycles. The summed E-state index contributed by atoms with van der Waals surface area (Å²) >= 11 is 0. The molecule has 0 saturated heterocycles. The Balaban J connectivity index is 1.50. The van der Waals surface area contributed by atoms with Gasteiger partial charge in [0, 0.05) is 12.0 Å². The number of benzene rings is 3. The summed E-state index contributed by atoms with van der Waals surface area (Å²) in [5, 5.41) is 0.936. The molecule has 0 aliphatic carbocycles. The minimum absolute atomic E-state index is 0.350. The maximum Gasteiger partial charge on any atom is 0.159 e. The lowest BCUT2D eigenvalue weighted by Gasteiger charge is -2.05. The average Bonchev–Trinajstić information content (AvgIpc) is 2.79. The summed E-state index contributed by atoms with van der Waals surface area (Å²) in [6.45, 7) is 2.37. The number of halogens is 4. The number of hydrogen-bond acceptors (Lipinski definition) is 3. The number of nitrogens with zero attached hydrogens (tertiary/aromatic N) is 2. The Morgan fingerprint density at radius 1 is 0.758 bits per heavy atom. The third kappa shape index (κ3) is 5.29. The number of fused-ring (bicyclic) bond motifs is 1. The molecule has 166 valence electrons. The number of aryl methyl sites for hydroxylation is 2. The fourth-order valence-corrected chi connectivity index (χ4v) is 3.31. The molecule has 0 amide bonds. The van der Waals surface area contributed by atoms with E-state index >= 15 is 0 Å². The van der Waals surface area contributed by atoms with E-state index < -0.39 is 23.3 Å². The molecule has 0 fully saturated rings. The molecule has 1 heterocycles. The lowest BCUT2D eigenvalue weighted by Crippen LogP contribution is -2.01. The standard InChI is InChI=1S/C26H18F4N2O/c1-2-33-20-14-31-26(32-15-20)8-5-17-10-22(27)21(23(28)11-17)7-4-16-3-6-18-12-24(29)25(30)13-19(18)9-16/h3,6,9-15H,2,5,8H2,1H3. The van der Waals surface area contributed by atoms with Crippen molar-refractivity contribution in [3.63, 3.8) is 0 Å². The summed E-state index contributed by atoms with van der Waals surface area (Å²) in [6, 6.07) is 9.29. The molecule has 3 nitrogen and oxygen atoms in total. The van der Waals surface area contributed by atoms with E-state index in [1.165, 1.54) is 18.2 Å². The molecule has 4 aromatic rings. The Bertz CT molecular complexity index is 1350. The molecule has 0 saturated carbocycles. The summed E-state index contributed by atoms with van der Waals surface area (Å²) < 4.78 is 61.2. The molecule has 0 bridgehead atoms. The second-order valence-electron chi connectivity index (χ2n) is 7.28. The summed E-state index contributed by atoms with van der Waals surface area (Å²) in [5.74, 6) is 2.80. The van der Waals surface area contributed by atoms with Crippen molar-refractivity contribution < 1.29 is 22.3 Å². The minimum Gasteiger partial charge on any atom is -0.491 e. The zero-order valence-electron chi connectivity index (χ0n) is 17.6. The van der Waals surface area contributed by atoms with Gasteiger partial charge in [0.2, 0.25) is 0 Å². The minimum atomic E-state index is -0.976. The third-order valence-electron chi connectivity index (χ3n) is 4.94. The number of ether oxygens (including phenoxy) is 1. The van der Waals surface area contributed by atoms with Gasteiger partial charge in [-0.05, 0) is 66.1 Å². The zero-order chi connectivity index (χ0) is 23.4. The molecule has 0 aliphatic rings. The van der Waals surface area contributed by atoms with Gasteiger partial charge in [0.1, 0.15) is 17.5 Å². The van der Waals surface area contributed by atoms with Crippen LogP contribution in [0.3, 0.4) is 0 Å². The van der Waals surface area contributed by atoms with Crippen molar-refractivity contribution >= 4 is 10.8 Å². The van der Waals surface area contributed by atoms with Crippen molar-refractivity contribution in [2.24, 2.45) is 0 Å². The van der Waals surface area contributed by atoms with Crippen LogP contribution >= 0.6 is 0 Å². The molecular weight excluding hydrogens is 432 g/mol. The molecule has 33 heavy (non-hydrogen) atoms. The maximum absolute atomic E-state index is 14.5. The van der Waals surface area contributed by atoms with Crippen molar-refractivity contribution in [1.82, 2.24) is 9.97 Å². The summed E-state index contributed by atoms with van der Waals surface area (Å²) in [7, 11) is 0. The van der Waals surface area contributed by atoms with Crippen LogP contribution < -0.4 is 4.74 Å². The molecular formula is C26H18F4N2O. The van der Waals surface area contributed by atoms with E-state index in [4.69, 9.17) is 4.74 Å². The topological polar surface area (TPSA) is 35.0 Å². The molecule has 0 atom stereocenters. The van der Waals surface area contributed by atoms with Crippen LogP contribution in [0.1, 0.15) is 29.4 Å². The van der Waals surface area contributed by atoms with Gasteiger partial charge in [0.25, 0.3) is 0 Å². The normalized spacial score (nSPS) is 10.7. The highest BCUT2D eigenvalue weighted by Crippen LogP contribution is 2.20. The van der Waals surface area contributed by atoms with Gasteiger partial charge in [-0.1, -0.05) is 17.9 Å². The molecule has 7 heteroatoms. The van der Waals surface area contributed by atoms with Crippen LogP contribution in [-0.4, -0.2) is 16.6 Å². The Kier molecular flexibility index (Phi) is 6.55. The molecule has 0 unspecified atom stereocenters. The molecule has 0 N–H and O–H groups in total. The highest BCUT2D eigenvalue weighted by atomic mass is 19.2. The van der Waals surface area contributed by atoms with Gasteiger partial charge >= 0.3 is 0 Å². The first-order valence-corrected chi connectivity index (χ1v) is 10.3. The first-order valence-electron chi connectivity index (χ1n) is 10.3. The van der Waals surface area contributed by atoms with E-state index in [1.54, 1.807) is 24.5 Å². The predicted molar refractivity (Wildman–Crippen MR) is 117 cm³/mol. The van der Waals surface area contributed by atoms with Gasteiger partial charge in [-0.3, -0.25) is 0 Å². The first kappa shape index (κ1) is 22.3. The number of rotatable bonds is 5. The molecule has 0 spiro atoms. The van der Waals surface area contributed by atoms with Crippen LogP contribution in [0.2, 0.25) is 0 Å². The quantitative estimate of drug-likeness (QED) is 0.286. The van der Waals surface area contributed by atoms with Crippen molar-refractivity contribution in [2.75, 3.05) is 6.61 Å². The zero-order valence-corrected chi connectivity index (χ0v) is 17.6. The van der Waals surface area contributed by atoms with Crippen LogP contribution in [0, 0.1) is 35.1 Å². The monoisotopic (exact) mass is 450 g/mol. The highest BCUT2D eigenvalue weighted by molar-refractivity contribution is 5.84. The molecule has 0 radical (unpaired) electrons. The van der Waals surface area contributed by atoms with Crippen LogP contribution in [0.5, 0.6) is 5.75 Å². The fourth-order valence-electron chi connectivity index (χ4n) is 3.31. The fraction of sp³-hybridized carbons (Fsp3) is 0.154. The van der Waals surface area contributed by atoms with Crippen LogP contribution in [0.4, 0.5) is 17.6 Å². The van der Waals surface area contributed by atoms with E-state index in [1.807, 2.05) is 6.92 Å². The van der Waals surface area contributed by atoms with Gasteiger partial charge in [0.05, 0.1) is 24.6 Å². The van der Waals surface area contributed by atoms with Crippen LogP contribution in [0.25, 0.3) is 10.8 Å².